The Morgan fingerprint density at radius 2 is 1.67 bits per heavy atom. The van der Waals surface area contributed by atoms with Crippen LogP contribution in [0.15, 0.2) is 0 Å². The van der Waals surface area contributed by atoms with Crippen LogP contribution >= 0.6 is 24.8 Å². The maximum absolute atomic E-state index is 4.71. The molecule has 0 rings (SSSR count). The molecule has 1 nitrogen and oxygen atoms in total. The minimum Gasteiger partial charge on any atom is -0.385 e. The fraction of sp³-hybridized carbons (Fsp3) is 0. The minimum atomic E-state index is 0. The predicted octanol–water partition coefficient (Wildman–Crippen LogP) is 0.155. The fourth-order valence-electron chi connectivity index (χ4n) is 0. The molecule has 0 aliphatic heterocycles. The molecule has 0 aromatic carbocycles. The van der Waals surface area contributed by atoms with Gasteiger partial charge >= 0.3 is 0 Å². The molecule has 37 valence electrons. The normalized spacial score (nSPS) is 4.17. The van der Waals surface area contributed by atoms with Crippen LogP contribution in [0.2, 0.25) is 0 Å². The monoisotopic (exact) mass is 220 g/mol. The topological polar surface area (TPSA) is 26.0 Å². The van der Waals surface area contributed by atoms with Crippen molar-refractivity contribution in [2.24, 2.45) is 5.73 Å². The maximum atomic E-state index is 4.71. The molecule has 0 spiro atoms. The third-order valence-corrected chi connectivity index (χ3v) is 0. The van der Waals surface area contributed by atoms with Crippen LogP contribution in [0.3, 0.4) is 0 Å². The van der Waals surface area contributed by atoms with Gasteiger partial charge in [0.05, 0.1) is 0 Å². The van der Waals surface area contributed by atoms with Crippen molar-refractivity contribution in [2.45, 2.75) is 0 Å². The summed E-state index contributed by atoms with van der Waals surface area (Å²) in [5.41, 5.74) is 4.71. The van der Waals surface area contributed by atoms with Crippen molar-refractivity contribution < 1.29 is 36.5 Å². The second kappa shape index (κ2) is 9.63. The first-order valence-electron chi connectivity index (χ1n) is 0.716. The van der Waals surface area contributed by atoms with Gasteiger partial charge in [0.25, 0.3) is 0 Å². The molecule has 6 heavy (non-hydrogen) atoms. The Morgan fingerprint density at radius 1 is 1.67 bits per heavy atom. The number of hydrogen-bond acceptors (Lipinski definition) is 1. The zero-order valence-corrected chi connectivity index (χ0v) is 8.56. The van der Waals surface area contributed by atoms with Crippen LogP contribution in [0.25, 0.3) is 0 Å². The molecule has 0 bridgehead atoms. The molecule has 1 radical (unpaired) electrons. The summed E-state index contributed by atoms with van der Waals surface area (Å²) >= 11 is 7.65. The average Bonchev–Trinajstić information content (AvgIpc) is 0.811. The Hall–Kier alpha value is 1.38. The largest absolute Gasteiger partial charge is 0.385 e. The maximum Gasteiger partial charge on any atom is 0.128 e. The van der Waals surface area contributed by atoms with Crippen LogP contribution in [0, 0.1) is 0 Å². The quantitative estimate of drug-likeness (QED) is 0.347. The molecular formula is CH3CuNS2Zn. The van der Waals surface area contributed by atoms with Gasteiger partial charge in [0.1, 0.15) is 4.32 Å². The van der Waals surface area contributed by atoms with Gasteiger partial charge in [-0.1, -0.05) is 12.2 Å². The summed E-state index contributed by atoms with van der Waals surface area (Å²) in [5, 5.41) is 0. The van der Waals surface area contributed by atoms with Gasteiger partial charge < -0.3 is 5.73 Å². The summed E-state index contributed by atoms with van der Waals surface area (Å²) in [5.74, 6) is 0. The van der Waals surface area contributed by atoms with Crippen molar-refractivity contribution in [1.82, 2.24) is 0 Å². The van der Waals surface area contributed by atoms with Crippen LogP contribution in [-0.2, 0) is 36.5 Å². The molecule has 0 atom stereocenters. The van der Waals surface area contributed by atoms with E-state index in [1.165, 1.54) is 0 Å². The first kappa shape index (κ1) is 15.7. The number of nitrogens with two attached hydrogens (primary N) is 1. The smallest absolute Gasteiger partial charge is 0.128 e. The van der Waals surface area contributed by atoms with E-state index in [9.17, 15) is 0 Å². The minimum absolute atomic E-state index is 0. The zero-order chi connectivity index (χ0) is 3.58. The third kappa shape index (κ3) is 54.1. The second-order valence-electron chi connectivity index (χ2n) is 0.338. The van der Waals surface area contributed by atoms with Crippen molar-refractivity contribution in [3.05, 3.63) is 0 Å². The van der Waals surface area contributed by atoms with Crippen LogP contribution < -0.4 is 5.73 Å². The van der Waals surface area contributed by atoms with E-state index in [4.69, 9.17) is 5.73 Å². The number of rotatable bonds is 0. The second-order valence-corrected chi connectivity index (χ2v) is 1.56. The summed E-state index contributed by atoms with van der Waals surface area (Å²) < 4.78 is 0.194. The van der Waals surface area contributed by atoms with Crippen LogP contribution in [0.1, 0.15) is 0 Å². The number of hydrogen-bond donors (Lipinski definition) is 2. The van der Waals surface area contributed by atoms with Crippen molar-refractivity contribution in [3.63, 3.8) is 0 Å². The molecule has 0 aromatic heterocycles. The van der Waals surface area contributed by atoms with Gasteiger partial charge in [-0.25, -0.2) is 0 Å². The van der Waals surface area contributed by atoms with E-state index in [1.807, 2.05) is 0 Å². The SMILES string of the molecule is NC(=S)S.[Cu].[Zn]. The van der Waals surface area contributed by atoms with E-state index in [0.717, 1.165) is 0 Å². The van der Waals surface area contributed by atoms with E-state index in [1.54, 1.807) is 0 Å². The summed E-state index contributed by atoms with van der Waals surface area (Å²) in [6, 6.07) is 0. The molecule has 0 heterocycles. The molecule has 0 unspecified atom stereocenters. The summed E-state index contributed by atoms with van der Waals surface area (Å²) in [6.07, 6.45) is 0. The average molecular weight is 222 g/mol. The standard InChI is InChI=1S/CH3NS2.Cu.Zn/c2-1(3)4;;/h(H3,2,3,4);;. The van der Waals surface area contributed by atoms with Crippen molar-refractivity contribution in [3.8, 4) is 0 Å². The van der Waals surface area contributed by atoms with E-state index in [0.29, 0.717) is 0 Å². The van der Waals surface area contributed by atoms with E-state index < -0.39 is 0 Å². The van der Waals surface area contributed by atoms with Gasteiger partial charge in [0.15, 0.2) is 0 Å². The molecule has 0 saturated heterocycles. The van der Waals surface area contributed by atoms with E-state index in [2.05, 4.69) is 24.8 Å². The number of thiol groups is 1. The van der Waals surface area contributed by atoms with Crippen LogP contribution in [-0.4, -0.2) is 4.32 Å². The van der Waals surface area contributed by atoms with Gasteiger partial charge in [0.2, 0.25) is 0 Å². The molecule has 0 saturated carbocycles. The number of thiocarbonyl (C=S) groups is 1. The first-order valence-corrected chi connectivity index (χ1v) is 1.57. The van der Waals surface area contributed by atoms with E-state index in [-0.39, 0.29) is 40.9 Å². The summed E-state index contributed by atoms with van der Waals surface area (Å²) in [4.78, 5) is 0. The predicted molar refractivity (Wildman–Crippen MR) is 25.8 cm³/mol. The van der Waals surface area contributed by atoms with Crippen molar-refractivity contribution in [1.29, 1.82) is 0 Å². The summed E-state index contributed by atoms with van der Waals surface area (Å²) in [6.45, 7) is 0. The van der Waals surface area contributed by atoms with Crippen molar-refractivity contribution in [2.75, 3.05) is 0 Å². The van der Waals surface area contributed by atoms with Gasteiger partial charge in [-0.2, -0.15) is 0 Å². The van der Waals surface area contributed by atoms with Gasteiger partial charge in [0, 0.05) is 36.5 Å². The summed E-state index contributed by atoms with van der Waals surface area (Å²) in [7, 11) is 0. The molecular weight excluding hydrogens is 219 g/mol. The van der Waals surface area contributed by atoms with E-state index >= 15 is 0 Å². The third-order valence-electron chi connectivity index (χ3n) is 0. The van der Waals surface area contributed by atoms with Crippen LogP contribution in [0.5, 0.6) is 0 Å². The Bertz CT molecular complexity index is 36.5. The first-order chi connectivity index (χ1) is 1.73. The Labute approximate surface area is 71.1 Å². The zero-order valence-electron chi connectivity index (χ0n) is 2.94. The Morgan fingerprint density at radius 3 is 1.67 bits per heavy atom. The molecule has 0 aliphatic carbocycles. The Kier molecular flexibility index (Phi) is 25.1. The fourth-order valence-corrected chi connectivity index (χ4v) is 0. The Balaban J connectivity index is -0.0000000450. The molecule has 0 fully saturated rings. The van der Waals surface area contributed by atoms with Gasteiger partial charge in [-0.05, 0) is 0 Å². The molecule has 0 aromatic rings. The van der Waals surface area contributed by atoms with Crippen molar-refractivity contribution >= 4 is 29.2 Å². The van der Waals surface area contributed by atoms with Gasteiger partial charge in [-0.15, -0.1) is 12.6 Å². The van der Waals surface area contributed by atoms with Crippen LogP contribution in [0.4, 0.5) is 0 Å². The molecule has 2 N–H and O–H groups in total. The molecule has 5 heteroatoms. The van der Waals surface area contributed by atoms with Gasteiger partial charge in [-0.3, -0.25) is 0 Å². The molecule has 0 aliphatic rings. The molecule has 0 amide bonds.